The Labute approximate surface area is 275 Å². The van der Waals surface area contributed by atoms with E-state index in [4.69, 9.17) is 0 Å². The summed E-state index contributed by atoms with van der Waals surface area (Å²) in [6.45, 7) is 0. The lowest BCUT2D eigenvalue weighted by Gasteiger charge is -2.43. The van der Waals surface area contributed by atoms with Gasteiger partial charge in [-0.2, -0.15) is 149 Å². The summed E-state index contributed by atoms with van der Waals surface area (Å²) in [5, 5.41) is 0. The fourth-order valence-corrected chi connectivity index (χ4v) is 3.69. The first-order valence-electron chi connectivity index (χ1n) is 12.3. The van der Waals surface area contributed by atoms with Gasteiger partial charge in [0.2, 0.25) is 0 Å². The van der Waals surface area contributed by atoms with Crippen molar-refractivity contribution in [2.45, 2.75) is 120 Å². The molecule has 0 aliphatic carbocycles. The number of alkyl halides is 34. The van der Waals surface area contributed by atoms with Crippen molar-refractivity contribution in [1.29, 1.82) is 0 Å². The summed E-state index contributed by atoms with van der Waals surface area (Å²) in [7, 11) is 0. The number of hydrogen-bond donors (Lipinski definition) is 0. The molecule has 0 aromatic heterocycles. The first-order chi connectivity index (χ1) is 23.2. The Morgan fingerprint density at radius 3 is 0.527 bits per heavy atom. The molecule has 1 nitrogen and oxygen atoms in total. The zero-order valence-corrected chi connectivity index (χ0v) is 23.8. The first kappa shape index (κ1) is 50.6. The zero-order valence-electron chi connectivity index (χ0n) is 23.8. The number of rotatable bonds is 16. The number of ether oxygens (including phenoxy) is 1. The molecule has 1 heterocycles. The molecule has 0 radical (unpaired) electrons. The zero-order chi connectivity index (χ0) is 45.3. The molecule has 0 N–H and O–H groups in total. The van der Waals surface area contributed by atoms with Gasteiger partial charge in [-0.25, -0.2) is 0 Å². The van der Waals surface area contributed by atoms with Crippen LogP contribution in [0.15, 0.2) is 0 Å². The summed E-state index contributed by atoms with van der Waals surface area (Å²) in [5.74, 6) is -122. The third kappa shape index (κ3) is 6.51. The van der Waals surface area contributed by atoms with Gasteiger partial charge in [0.25, 0.3) is 0 Å². The molecule has 55 heavy (non-hydrogen) atoms. The van der Waals surface area contributed by atoms with Crippen molar-refractivity contribution in [3.8, 4) is 0 Å². The van der Waals surface area contributed by atoms with Crippen LogP contribution in [0, 0.1) is 0 Å². The van der Waals surface area contributed by atoms with E-state index in [0.717, 1.165) is 0 Å². The summed E-state index contributed by atoms with van der Waals surface area (Å²) < 4.78 is 455. The van der Waals surface area contributed by atoms with E-state index in [0.29, 0.717) is 0 Å². The van der Waals surface area contributed by atoms with E-state index < -0.39 is 120 Å². The van der Waals surface area contributed by atoms with Gasteiger partial charge in [-0.3, -0.25) is 0 Å². The molecule has 0 bridgehead atoms. The van der Waals surface area contributed by atoms with Crippen LogP contribution >= 0.6 is 0 Å². The van der Waals surface area contributed by atoms with Crippen molar-refractivity contribution >= 4 is 0 Å². The van der Waals surface area contributed by atoms with Gasteiger partial charge in [0.05, 0.1) is 12.2 Å². The Balaban J connectivity index is 3.50. The van der Waals surface area contributed by atoms with Crippen LogP contribution in [0.4, 0.5) is 149 Å². The molecular formula is C20H6F34O. The lowest BCUT2D eigenvalue weighted by Crippen LogP contribution is -2.74. The maximum absolute atomic E-state index is 14.0. The molecular weight excluding hydrogens is 902 g/mol. The molecule has 1 rings (SSSR count). The van der Waals surface area contributed by atoms with Gasteiger partial charge in [-0.05, 0) is 0 Å². The van der Waals surface area contributed by atoms with Gasteiger partial charge < -0.3 is 4.74 Å². The molecule has 330 valence electrons. The molecule has 0 aromatic carbocycles. The summed E-state index contributed by atoms with van der Waals surface area (Å²) in [5.41, 5.74) is 0. The SMILES string of the molecule is FC(F)(F)C(F)(F)C(F)(F)C(F)(F)C(F)(F)C(F)(F)C(F)(F)C(F)(F)CC1OC1CC(F)(F)C(F)(F)C(F)(F)C(F)(F)C(F)(F)C(F)(F)C(F)(F)C(F)(F)F. The van der Waals surface area contributed by atoms with Crippen molar-refractivity contribution < 1.29 is 154 Å². The Hall–Kier alpha value is -2.42. The minimum Gasteiger partial charge on any atom is -0.369 e. The van der Waals surface area contributed by atoms with Crippen molar-refractivity contribution in [2.75, 3.05) is 0 Å². The summed E-state index contributed by atoms with van der Waals surface area (Å²) in [6, 6.07) is 0. The van der Waals surface area contributed by atoms with Crippen LogP contribution in [-0.4, -0.2) is 107 Å². The Kier molecular flexibility index (Phi) is 11.5. The molecule has 2 unspecified atom stereocenters. The van der Waals surface area contributed by atoms with Gasteiger partial charge >= 0.3 is 95.3 Å². The lowest BCUT2D eigenvalue weighted by molar-refractivity contribution is -0.462. The standard InChI is InChI=1S/C20H6F34O/c21-5(22,7(25,26)9(29,30)11(33,34)13(37,38)15(41,42)17(45,46)19(49,50)51)1-3-4(55-3)2-6(23,24)8(27,28)10(31,32)12(35,36)14(39,40)16(43,44)18(47,48)20(52,53)54/h3-4H,1-2H2. The maximum atomic E-state index is 14.0. The topological polar surface area (TPSA) is 12.5 Å². The summed E-state index contributed by atoms with van der Waals surface area (Å²) in [4.78, 5) is 0. The minimum absolute atomic E-state index is 3.31. The number of hydrogen-bond acceptors (Lipinski definition) is 1. The van der Waals surface area contributed by atoms with Gasteiger partial charge in [-0.15, -0.1) is 0 Å². The lowest BCUT2D eigenvalue weighted by atomic mass is 9.86. The van der Waals surface area contributed by atoms with Crippen LogP contribution in [0.1, 0.15) is 12.8 Å². The second-order valence-corrected chi connectivity index (χ2v) is 10.9. The van der Waals surface area contributed by atoms with Crippen molar-refractivity contribution in [3.05, 3.63) is 0 Å². The number of halogens is 34. The predicted octanol–water partition coefficient (Wildman–Crippen LogP) is 11.6. The van der Waals surface area contributed by atoms with Gasteiger partial charge in [0.15, 0.2) is 0 Å². The van der Waals surface area contributed by atoms with E-state index >= 15 is 0 Å². The summed E-state index contributed by atoms with van der Waals surface area (Å²) >= 11 is 0. The van der Waals surface area contributed by atoms with E-state index in [1.807, 2.05) is 0 Å². The molecule has 2 atom stereocenters. The van der Waals surface area contributed by atoms with Crippen molar-refractivity contribution in [2.24, 2.45) is 0 Å². The third-order valence-corrected chi connectivity index (χ3v) is 7.18. The van der Waals surface area contributed by atoms with Crippen LogP contribution in [0.25, 0.3) is 0 Å². The van der Waals surface area contributed by atoms with E-state index in [1.165, 1.54) is 0 Å². The first-order valence-corrected chi connectivity index (χ1v) is 12.3. The third-order valence-electron chi connectivity index (χ3n) is 7.18. The van der Waals surface area contributed by atoms with Crippen LogP contribution in [0.3, 0.4) is 0 Å². The van der Waals surface area contributed by atoms with E-state index in [-0.39, 0.29) is 0 Å². The molecule has 1 aliphatic heterocycles. The maximum Gasteiger partial charge on any atom is 0.460 e. The highest BCUT2D eigenvalue weighted by molar-refractivity contribution is 5.18. The minimum atomic E-state index is -9.19. The quantitative estimate of drug-likeness (QED) is 0.111. The Bertz CT molecular complexity index is 1290. The van der Waals surface area contributed by atoms with E-state index in [9.17, 15) is 149 Å². The largest absolute Gasteiger partial charge is 0.460 e. The fourth-order valence-electron chi connectivity index (χ4n) is 3.69. The van der Waals surface area contributed by atoms with Crippen LogP contribution < -0.4 is 0 Å². The Morgan fingerprint density at radius 2 is 0.364 bits per heavy atom. The second kappa shape index (κ2) is 12.5. The average Bonchev–Trinajstić information content (AvgIpc) is 3.65. The fraction of sp³-hybridized carbons (Fsp3) is 1.00. The van der Waals surface area contributed by atoms with Crippen LogP contribution in [-0.2, 0) is 4.74 Å². The summed E-state index contributed by atoms with van der Waals surface area (Å²) in [6.07, 6.45) is -31.7. The normalized spacial score (nSPS) is 20.6. The molecule has 0 spiro atoms. The van der Waals surface area contributed by atoms with Gasteiger partial charge in [-0.1, -0.05) is 0 Å². The molecule has 35 heteroatoms. The number of epoxide rings is 1. The highest BCUT2D eigenvalue weighted by Crippen LogP contribution is 2.67. The van der Waals surface area contributed by atoms with E-state index in [1.54, 1.807) is 0 Å². The molecule has 1 saturated heterocycles. The molecule has 0 amide bonds. The molecule has 1 fully saturated rings. The Morgan fingerprint density at radius 1 is 0.218 bits per heavy atom. The van der Waals surface area contributed by atoms with Crippen molar-refractivity contribution in [3.63, 3.8) is 0 Å². The molecule has 0 saturated carbocycles. The monoisotopic (exact) mass is 908 g/mol. The van der Waals surface area contributed by atoms with Gasteiger partial charge in [0, 0.05) is 12.8 Å². The smallest absolute Gasteiger partial charge is 0.369 e. The highest BCUT2D eigenvalue weighted by Gasteiger charge is 2.97. The van der Waals surface area contributed by atoms with Crippen LogP contribution in [0.5, 0.6) is 0 Å². The second-order valence-electron chi connectivity index (χ2n) is 10.9. The highest BCUT2D eigenvalue weighted by atomic mass is 19.4. The molecule has 1 aliphatic rings. The molecule has 0 aromatic rings. The predicted molar refractivity (Wildman–Crippen MR) is 99.3 cm³/mol. The van der Waals surface area contributed by atoms with Crippen molar-refractivity contribution in [1.82, 2.24) is 0 Å². The average molecular weight is 908 g/mol. The van der Waals surface area contributed by atoms with E-state index in [2.05, 4.69) is 4.74 Å². The van der Waals surface area contributed by atoms with Crippen LogP contribution in [0.2, 0.25) is 0 Å². The van der Waals surface area contributed by atoms with Gasteiger partial charge in [0.1, 0.15) is 0 Å².